The number of fused-ring (bicyclic) bond motifs is 1. The fraction of sp³-hybridized carbons (Fsp3) is 0.333. The molecule has 20 heavy (non-hydrogen) atoms. The zero-order chi connectivity index (χ0) is 14.3. The number of aromatic carboxylic acids is 1. The second-order valence-corrected chi connectivity index (χ2v) is 5.72. The van der Waals surface area contributed by atoms with Crippen molar-refractivity contribution in [1.29, 1.82) is 0 Å². The predicted molar refractivity (Wildman–Crippen MR) is 73.9 cm³/mol. The van der Waals surface area contributed by atoms with E-state index in [0.717, 1.165) is 12.7 Å². The largest absolute Gasteiger partial charge is 0.476 e. The van der Waals surface area contributed by atoms with E-state index in [9.17, 15) is 4.79 Å². The molecule has 0 fully saturated rings. The molecule has 3 rings (SSSR count). The van der Waals surface area contributed by atoms with Gasteiger partial charge in [-0.15, -0.1) is 0 Å². The lowest BCUT2D eigenvalue weighted by Crippen LogP contribution is -2.14. The van der Waals surface area contributed by atoms with Crippen LogP contribution in [0.3, 0.4) is 0 Å². The summed E-state index contributed by atoms with van der Waals surface area (Å²) < 4.78 is 5.17. The third kappa shape index (κ3) is 2.05. The van der Waals surface area contributed by atoms with Gasteiger partial charge in [-0.05, 0) is 23.0 Å². The van der Waals surface area contributed by atoms with Gasteiger partial charge in [-0.2, -0.15) is 4.98 Å². The van der Waals surface area contributed by atoms with Crippen LogP contribution in [0.15, 0.2) is 34.9 Å². The topological polar surface area (TPSA) is 75.4 Å². The number of benzene rings is 1. The smallest absolute Gasteiger partial charge is 0.357 e. The number of anilines is 1. The SMILES string of the molecule is CC1(C)CC(Nc2nc(C(=O)O)co2)c2ccccc21. The fourth-order valence-corrected chi connectivity index (χ4v) is 2.86. The second-order valence-electron chi connectivity index (χ2n) is 5.72. The highest BCUT2D eigenvalue weighted by Crippen LogP contribution is 2.45. The Kier molecular flexibility index (Phi) is 2.78. The maximum absolute atomic E-state index is 10.8. The molecule has 1 aromatic heterocycles. The highest BCUT2D eigenvalue weighted by Gasteiger charge is 2.37. The first-order chi connectivity index (χ1) is 9.47. The van der Waals surface area contributed by atoms with Crippen LogP contribution in [0, 0.1) is 0 Å². The molecule has 0 spiro atoms. The normalized spacial score (nSPS) is 19.6. The van der Waals surface area contributed by atoms with Crippen molar-refractivity contribution in [3.63, 3.8) is 0 Å². The number of nitrogens with zero attached hydrogens (tertiary/aromatic N) is 1. The molecule has 5 heteroatoms. The Morgan fingerprint density at radius 3 is 2.90 bits per heavy atom. The van der Waals surface area contributed by atoms with Crippen LogP contribution >= 0.6 is 0 Å². The third-order valence-electron chi connectivity index (χ3n) is 3.80. The number of carboxylic acids is 1. The van der Waals surface area contributed by atoms with Crippen molar-refractivity contribution in [3.05, 3.63) is 47.3 Å². The number of oxazole rings is 1. The first-order valence-electron chi connectivity index (χ1n) is 6.52. The molecule has 1 unspecified atom stereocenters. The lowest BCUT2D eigenvalue weighted by Gasteiger charge is -2.19. The summed E-state index contributed by atoms with van der Waals surface area (Å²) in [5, 5.41) is 12.0. The highest BCUT2D eigenvalue weighted by molar-refractivity contribution is 5.85. The van der Waals surface area contributed by atoms with Gasteiger partial charge in [0, 0.05) is 0 Å². The van der Waals surface area contributed by atoms with E-state index in [4.69, 9.17) is 9.52 Å². The predicted octanol–water partition coefficient (Wildman–Crippen LogP) is 3.21. The van der Waals surface area contributed by atoms with Gasteiger partial charge in [-0.3, -0.25) is 0 Å². The Balaban J connectivity index is 1.87. The Morgan fingerprint density at radius 1 is 1.45 bits per heavy atom. The van der Waals surface area contributed by atoms with Gasteiger partial charge in [0.05, 0.1) is 6.04 Å². The van der Waals surface area contributed by atoms with Crippen molar-refractivity contribution in [2.24, 2.45) is 0 Å². The molecule has 0 aliphatic heterocycles. The number of carbonyl (C=O) groups is 1. The van der Waals surface area contributed by atoms with Crippen LogP contribution in [0.2, 0.25) is 0 Å². The lowest BCUT2D eigenvalue weighted by atomic mass is 9.86. The summed E-state index contributed by atoms with van der Waals surface area (Å²) in [4.78, 5) is 14.7. The van der Waals surface area contributed by atoms with Gasteiger partial charge in [-0.25, -0.2) is 4.79 Å². The van der Waals surface area contributed by atoms with Crippen molar-refractivity contribution >= 4 is 12.0 Å². The number of aromatic nitrogens is 1. The quantitative estimate of drug-likeness (QED) is 0.897. The van der Waals surface area contributed by atoms with Crippen molar-refractivity contribution < 1.29 is 14.3 Å². The van der Waals surface area contributed by atoms with Crippen molar-refractivity contribution in [1.82, 2.24) is 4.98 Å². The molecule has 1 aliphatic rings. The average Bonchev–Trinajstić information content (AvgIpc) is 2.95. The van der Waals surface area contributed by atoms with Gasteiger partial charge in [0.25, 0.3) is 6.01 Å². The van der Waals surface area contributed by atoms with Crippen LogP contribution < -0.4 is 5.32 Å². The molecule has 5 nitrogen and oxygen atoms in total. The molecular weight excluding hydrogens is 256 g/mol. The van der Waals surface area contributed by atoms with Crippen LogP contribution in [0.4, 0.5) is 6.01 Å². The number of nitrogens with one attached hydrogen (secondary N) is 1. The molecule has 0 amide bonds. The van der Waals surface area contributed by atoms with Crippen molar-refractivity contribution in [2.45, 2.75) is 31.7 Å². The maximum Gasteiger partial charge on any atom is 0.357 e. The molecule has 0 bridgehead atoms. The zero-order valence-corrected chi connectivity index (χ0v) is 11.4. The second kappa shape index (κ2) is 4.37. The monoisotopic (exact) mass is 272 g/mol. The minimum atomic E-state index is -1.09. The van der Waals surface area contributed by atoms with Crippen LogP contribution in [0.1, 0.15) is 47.9 Å². The Hall–Kier alpha value is -2.30. The molecule has 1 heterocycles. The van der Waals surface area contributed by atoms with Crippen LogP contribution in [0.5, 0.6) is 0 Å². The molecule has 0 saturated carbocycles. The van der Waals surface area contributed by atoms with E-state index in [0.29, 0.717) is 0 Å². The van der Waals surface area contributed by atoms with E-state index in [1.54, 1.807) is 0 Å². The molecule has 2 N–H and O–H groups in total. The molecule has 1 atom stereocenters. The third-order valence-corrected chi connectivity index (χ3v) is 3.80. The first-order valence-corrected chi connectivity index (χ1v) is 6.52. The minimum absolute atomic E-state index is 0.0798. The first kappa shape index (κ1) is 12.7. The summed E-state index contributed by atoms with van der Waals surface area (Å²) in [6.07, 6.45) is 2.06. The van der Waals surface area contributed by atoms with Gasteiger partial charge in [-0.1, -0.05) is 38.1 Å². The van der Waals surface area contributed by atoms with E-state index in [2.05, 4.69) is 36.3 Å². The lowest BCUT2D eigenvalue weighted by molar-refractivity contribution is 0.0690. The molecule has 2 aromatic rings. The molecule has 1 aliphatic carbocycles. The van der Waals surface area contributed by atoms with Crippen molar-refractivity contribution in [3.8, 4) is 0 Å². The summed E-state index contributed by atoms with van der Waals surface area (Å²) in [5.74, 6) is -1.09. The van der Waals surface area contributed by atoms with E-state index in [1.807, 2.05) is 12.1 Å². The zero-order valence-electron chi connectivity index (χ0n) is 11.4. The Labute approximate surface area is 116 Å². The number of hydrogen-bond acceptors (Lipinski definition) is 4. The van der Waals surface area contributed by atoms with Gasteiger partial charge >= 0.3 is 5.97 Å². The summed E-state index contributed by atoms with van der Waals surface area (Å²) in [5.41, 5.74) is 2.52. The van der Waals surface area contributed by atoms with E-state index >= 15 is 0 Å². The highest BCUT2D eigenvalue weighted by atomic mass is 16.4. The summed E-state index contributed by atoms with van der Waals surface area (Å²) in [7, 11) is 0. The van der Waals surface area contributed by atoms with Crippen LogP contribution in [-0.4, -0.2) is 16.1 Å². The van der Waals surface area contributed by atoms with Crippen LogP contribution in [-0.2, 0) is 5.41 Å². The van der Waals surface area contributed by atoms with Gasteiger partial charge in [0.1, 0.15) is 6.26 Å². The molecule has 0 saturated heterocycles. The Bertz CT molecular complexity index is 661. The summed E-state index contributed by atoms with van der Waals surface area (Å²) in [6, 6.07) is 8.60. The number of carboxylic acid groups (broad SMARTS) is 1. The van der Waals surface area contributed by atoms with E-state index in [1.165, 1.54) is 11.1 Å². The molecular formula is C15H16N2O3. The Morgan fingerprint density at radius 2 is 2.20 bits per heavy atom. The van der Waals surface area contributed by atoms with Gasteiger partial charge in [0.2, 0.25) is 0 Å². The standard InChI is InChI=1S/C15H16N2O3/c1-15(2)7-11(9-5-3-4-6-10(9)15)16-14-17-12(8-20-14)13(18)19/h3-6,8,11H,7H2,1-2H3,(H,16,17)(H,18,19). The maximum atomic E-state index is 10.8. The summed E-state index contributed by atoms with van der Waals surface area (Å²) >= 11 is 0. The number of hydrogen-bond donors (Lipinski definition) is 2. The van der Waals surface area contributed by atoms with Crippen molar-refractivity contribution in [2.75, 3.05) is 5.32 Å². The minimum Gasteiger partial charge on any atom is -0.476 e. The molecule has 0 radical (unpaired) electrons. The fourth-order valence-electron chi connectivity index (χ4n) is 2.86. The molecule has 1 aromatic carbocycles. The molecule has 104 valence electrons. The average molecular weight is 272 g/mol. The van der Waals surface area contributed by atoms with E-state index < -0.39 is 5.97 Å². The van der Waals surface area contributed by atoms with E-state index in [-0.39, 0.29) is 23.2 Å². The summed E-state index contributed by atoms with van der Waals surface area (Å²) in [6.45, 7) is 4.40. The van der Waals surface area contributed by atoms with Gasteiger partial charge < -0.3 is 14.8 Å². The van der Waals surface area contributed by atoms with Crippen LogP contribution in [0.25, 0.3) is 0 Å². The van der Waals surface area contributed by atoms with Gasteiger partial charge in [0.15, 0.2) is 5.69 Å². The number of rotatable bonds is 3.